The van der Waals surface area contributed by atoms with Crippen molar-refractivity contribution in [2.45, 2.75) is 51.0 Å². The summed E-state index contributed by atoms with van der Waals surface area (Å²) >= 11 is 0. The number of halogens is 1. The molecule has 5 unspecified atom stereocenters. The summed E-state index contributed by atoms with van der Waals surface area (Å²) in [7, 11) is -5.13. The van der Waals surface area contributed by atoms with E-state index in [0.717, 1.165) is 19.3 Å². The number of alkyl halides is 1. The predicted octanol–water partition coefficient (Wildman–Crippen LogP) is 2.32. The van der Waals surface area contributed by atoms with Crippen molar-refractivity contribution in [2.75, 3.05) is 6.61 Å². The summed E-state index contributed by atoms with van der Waals surface area (Å²) in [4.78, 5) is 11.8. The zero-order valence-electron chi connectivity index (χ0n) is 12.3. The Balaban J connectivity index is 1.64. The van der Waals surface area contributed by atoms with Crippen LogP contribution >= 0.6 is 0 Å². The quantitative estimate of drug-likeness (QED) is 0.621. The molecule has 0 radical (unpaired) electrons. The standard InChI is InChI=1S/C14H21FO5S/c1-3-14(15,21(17,18)19)11(16)20-8-12-6-10-4-9(2)5-13(10,12)7-12/h9-10H,3-8H2,1-2H3,(H,17,18,19). The van der Waals surface area contributed by atoms with Gasteiger partial charge in [-0.15, -0.1) is 0 Å². The van der Waals surface area contributed by atoms with E-state index >= 15 is 0 Å². The van der Waals surface area contributed by atoms with Crippen molar-refractivity contribution in [2.24, 2.45) is 22.7 Å². The average Bonchev–Trinajstić information content (AvgIpc) is 2.76. The van der Waals surface area contributed by atoms with Gasteiger partial charge < -0.3 is 4.74 Å². The molecule has 0 aromatic heterocycles. The van der Waals surface area contributed by atoms with Gasteiger partial charge in [-0.05, 0) is 42.9 Å². The Morgan fingerprint density at radius 3 is 2.67 bits per heavy atom. The molecule has 1 N–H and O–H groups in total. The van der Waals surface area contributed by atoms with E-state index in [-0.39, 0.29) is 17.4 Å². The monoisotopic (exact) mass is 320 g/mol. The number of carbonyl (C=O) groups excluding carboxylic acids is 1. The van der Waals surface area contributed by atoms with Gasteiger partial charge in [-0.25, -0.2) is 9.18 Å². The second kappa shape index (κ2) is 4.19. The Hall–Kier alpha value is -0.690. The molecule has 0 bridgehead atoms. The van der Waals surface area contributed by atoms with Gasteiger partial charge in [-0.1, -0.05) is 13.8 Å². The van der Waals surface area contributed by atoms with Crippen molar-refractivity contribution in [1.29, 1.82) is 0 Å². The smallest absolute Gasteiger partial charge is 0.362 e. The highest BCUT2D eigenvalue weighted by molar-refractivity contribution is 7.87. The van der Waals surface area contributed by atoms with Crippen molar-refractivity contribution < 1.29 is 26.9 Å². The largest absolute Gasteiger partial charge is 0.462 e. The van der Waals surface area contributed by atoms with E-state index in [1.54, 1.807) is 0 Å². The maximum atomic E-state index is 14.1. The summed E-state index contributed by atoms with van der Waals surface area (Å²) in [6.45, 7) is 3.46. The Morgan fingerprint density at radius 1 is 1.48 bits per heavy atom. The lowest BCUT2D eigenvalue weighted by atomic mass is 9.67. The summed E-state index contributed by atoms with van der Waals surface area (Å²) in [5.41, 5.74) is 0.182. The van der Waals surface area contributed by atoms with Gasteiger partial charge in [-0.2, -0.15) is 8.42 Å². The number of hydrogen-bond acceptors (Lipinski definition) is 4. The van der Waals surface area contributed by atoms with Gasteiger partial charge in [0, 0.05) is 11.8 Å². The van der Waals surface area contributed by atoms with E-state index in [2.05, 4.69) is 6.92 Å². The van der Waals surface area contributed by atoms with Crippen LogP contribution in [-0.2, 0) is 19.6 Å². The molecule has 0 heterocycles. The molecule has 7 heteroatoms. The molecule has 0 aromatic rings. The van der Waals surface area contributed by atoms with Crippen LogP contribution in [0.15, 0.2) is 0 Å². The third kappa shape index (κ3) is 1.82. The average molecular weight is 320 g/mol. The lowest BCUT2D eigenvalue weighted by Gasteiger charge is -2.39. The molecule has 120 valence electrons. The molecule has 3 saturated carbocycles. The molecule has 0 saturated heterocycles. The number of carbonyl (C=O) groups is 1. The van der Waals surface area contributed by atoms with Crippen molar-refractivity contribution in [3.05, 3.63) is 0 Å². The van der Waals surface area contributed by atoms with Gasteiger partial charge in [0.2, 0.25) is 0 Å². The van der Waals surface area contributed by atoms with Crippen molar-refractivity contribution in [3.8, 4) is 0 Å². The van der Waals surface area contributed by atoms with E-state index in [4.69, 9.17) is 9.29 Å². The zero-order valence-corrected chi connectivity index (χ0v) is 13.1. The van der Waals surface area contributed by atoms with Crippen LogP contribution in [0, 0.1) is 22.7 Å². The second-order valence-electron chi connectivity index (χ2n) is 7.19. The van der Waals surface area contributed by atoms with Gasteiger partial charge in [0.15, 0.2) is 0 Å². The van der Waals surface area contributed by atoms with Gasteiger partial charge in [0.05, 0.1) is 6.61 Å². The first-order valence-electron chi connectivity index (χ1n) is 7.43. The van der Waals surface area contributed by atoms with Crippen molar-refractivity contribution in [3.63, 3.8) is 0 Å². The van der Waals surface area contributed by atoms with E-state index in [1.165, 1.54) is 13.3 Å². The fraction of sp³-hybridized carbons (Fsp3) is 0.929. The summed E-state index contributed by atoms with van der Waals surface area (Å²) < 4.78 is 50.1. The van der Waals surface area contributed by atoms with E-state index in [0.29, 0.717) is 11.8 Å². The molecular formula is C14H21FO5S. The van der Waals surface area contributed by atoms with Gasteiger partial charge in [0.25, 0.3) is 0 Å². The van der Waals surface area contributed by atoms with Crippen LogP contribution in [0.1, 0.15) is 46.0 Å². The highest BCUT2D eigenvalue weighted by Crippen LogP contribution is 2.86. The predicted molar refractivity (Wildman–Crippen MR) is 72.6 cm³/mol. The van der Waals surface area contributed by atoms with Crippen LogP contribution in [0.4, 0.5) is 4.39 Å². The molecule has 21 heavy (non-hydrogen) atoms. The van der Waals surface area contributed by atoms with E-state index in [1.807, 2.05) is 0 Å². The first kappa shape index (κ1) is 15.2. The van der Waals surface area contributed by atoms with Crippen LogP contribution < -0.4 is 0 Å². The molecule has 3 rings (SSSR count). The number of esters is 1. The molecule has 1 spiro atoms. The maximum absolute atomic E-state index is 14.1. The number of hydrogen-bond donors (Lipinski definition) is 1. The van der Waals surface area contributed by atoms with Crippen LogP contribution in [0.2, 0.25) is 0 Å². The Morgan fingerprint density at radius 2 is 2.14 bits per heavy atom. The van der Waals surface area contributed by atoms with Crippen molar-refractivity contribution in [1.82, 2.24) is 0 Å². The van der Waals surface area contributed by atoms with E-state index in [9.17, 15) is 17.6 Å². The molecule has 3 aliphatic rings. The molecule has 5 atom stereocenters. The van der Waals surface area contributed by atoms with Gasteiger partial charge in [-0.3, -0.25) is 4.55 Å². The Kier molecular flexibility index (Phi) is 3.04. The lowest BCUT2D eigenvalue weighted by molar-refractivity contribution is -0.157. The molecule has 5 nitrogen and oxygen atoms in total. The van der Waals surface area contributed by atoms with Crippen LogP contribution in [0.25, 0.3) is 0 Å². The summed E-state index contributed by atoms with van der Waals surface area (Å²) in [6, 6.07) is 0. The third-order valence-corrected chi connectivity index (χ3v) is 7.32. The first-order chi connectivity index (χ1) is 9.60. The Bertz CT molecular complexity index is 586. The van der Waals surface area contributed by atoms with Gasteiger partial charge in [0.1, 0.15) is 0 Å². The molecule has 3 aliphatic carbocycles. The van der Waals surface area contributed by atoms with E-state index < -0.39 is 27.5 Å². The topological polar surface area (TPSA) is 80.7 Å². The van der Waals surface area contributed by atoms with Gasteiger partial charge >= 0.3 is 21.1 Å². The molecule has 3 fully saturated rings. The van der Waals surface area contributed by atoms with Crippen LogP contribution in [0.3, 0.4) is 0 Å². The number of ether oxygens (including phenoxy) is 1. The Labute approximate surface area is 124 Å². The van der Waals surface area contributed by atoms with Crippen LogP contribution in [0.5, 0.6) is 0 Å². The maximum Gasteiger partial charge on any atom is 0.362 e. The zero-order chi connectivity index (χ0) is 15.7. The molecule has 0 amide bonds. The first-order valence-corrected chi connectivity index (χ1v) is 8.87. The van der Waals surface area contributed by atoms with Crippen LogP contribution in [-0.4, -0.2) is 30.5 Å². The highest BCUT2D eigenvalue weighted by atomic mass is 32.2. The third-order valence-electron chi connectivity index (χ3n) is 6.05. The minimum atomic E-state index is -5.13. The fourth-order valence-corrected chi connectivity index (χ4v) is 5.54. The minimum Gasteiger partial charge on any atom is -0.462 e. The normalized spacial score (nSPS) is 43.2. The summed E-state index contributed by atoms with van der Waals surface area (Å²) in [5.74, 6) is -0.142. The molecule has 0 aliphatic heterocycles. The minimum absolute atomic E-state index is 0.0635. The highest BCUT2D eigenvalue weighted by Gasteiger charge is 2.80. The molecular weight excluding hydrogens is 299 g/mol. The molecule has 0 aromatic carbocycles. The SMILES string of the molecule is CCC(F)(C(=O)OCC12CC3CC(C)CC31C2)S(=O)(=O)O. The second-order valence-corrected chi connectivity index (χ2v) is 8.79. The summed E-state index contributed by atoms with van der Waals surface area (Å²) in [5, 5.41) is -3.35. The number of rotatable bonds is 5. The fourth-order valence-electron chi connectivity index (χ4n) is 4.90. The summed E-state index contributed by atoms with van der Waals surface area (Å²) in [6.07, 6.45) is 3.61. The van der Waals surface area contributed by atoms with Crippen molar-refractivity contribution >= 4 is 16.1 Å². The lowest BCUT2D eigenvalue weighted by Crippen LogP contribution is -2.44.